The maximum atomic E-state index is 12.3. The Bertz CT molecular complexity index is 421. The van der Waals surface area contributed by atoms with E-state index in [9.17, 15) is 9.90 Å². The maximum absolute atomic E-state index is 12.3. The number of rotatable bonds is 1. The molecule has 3 atom stereocenters. The molecule has 2 bridgehead atoms. The summed E-state index contributed by atoms with van der Waals surface area (Å²) in [5, 5.41) is 9.82. The monoisotopic (exact) mass is 232 g/mol. The largest absolute Gasteiger partial charge is 0.393 e. The van der Waals surface area contributed by atoms with Gasteiger partial charge in [0.05, 0.1) is 11.7 Å². The Balaban J connectivity index is 1.80. The van der Waals surface area contributed by atoms with Gasteiger partial charge in [-0.2, -0.15) is 0 Å². The van der Waals surface area contributed by atoms with Crippen LogP contribution in [0.25, 0.3) is 0 Å². The molecule has 1 aromatic rings. The van der Waals surface area contributed by atoms with Crippen molar-refractivity contribution in [3.8, 4) is 0 Å². The first-order chi connectivity index (χ1) is 8.25. The Morgan fingerprint density at radius 1 is 1.47 bits per heavy atom. The normalized spacial score (nSPS) is 31.6. The highest BCUT2D eigenvalue weighted by atomic mass is 16.3. The molecule has 3 heterocycles. The Labute approximate surface area is 100 Å². The van der Waals surface area contributed by atoms with Crippen molar-refractivity contribution in [2.75, 3.05) is 6.54 Å². The standard InChI is InChI=1S/C13H16N2O2/c16-12-6-11-4-3-10(12)8-15(11)13(17)9-2-1-5-14-7-9/h1-2,5,7,10-12,16H,3-4,6,8H2. The van der Waals surface area contributed by atoms with Gasteiger partial charge in [-0.05, 0) is 31.4 Å². The minimum Gasteiger partial charge on any atom is -0.393 e. The minimum absolute atomic E-state index is 0.0553. The molecule has 1 aromatic heterocycles. The van der Waals surface area contributed by atoms with Gasteiger partial charge in [-0.3, -0.25) is 9.78 Å². The molecule has 2 aliphatic heterocycles. The number of amides is 1. The third-order valence-electron chi connectivity index (χ3n) is 3.97. The Hall–Kier alpha value is -1.42. The fourth-order valence-electron chi connectivity index (χ4n) is 2.99. The summed E-state index contributed by atoms with van der Waals surface area (Å²) in [5.74, 6) is 0.320. The number of hydrogen-bond donors (Lipinski definition) is 1. The molecule has 17 heavy (non-hydrogen) atoms. The lowest BCUT2D eigenvalue weighted by molar-refractivity contribution is -0.0375. The number of hydrogen-bond acceptors (Lipinski definition) is 3. The molecular weight excluding hydrogens is 216 g/mol. The van der Waals surface area contributed by atoms with Gasteiger partial charge in [0.1, 0.15) is 0 Å². The van der Waals surface area contributed by atoms with E-state index in [-0.39, 0.29) is 24.0 Å². The van der Waals surface area contributed by atoms with Crippen LogP contribution in [0.5, 0.6) is 0 Å². The number of aliphatic hydroxyl groups excluding tert-OH is 1. The molecule has 1 amide bonds. The van der Waals surface area contributed by atoms with Crippen molar-refractivity contribution in [3.63, 3.8) is 0 Å². The molecule has 1 aliphatic carbocycles. The first-order valence-corrected chi connectivity index (χ1v) is 6.15. The van der Waals surface area contributed by atoms with Crippen LogP contribution in [0.3, 0.4) is 0 Å². The van der Waals surface area contributed by atoms with Gasteiger partial charge in [0.25, 0.3) is 5.91 Å². The van der Waals surface area contributed by atoms with Crippen molar-refractivity contribution in [1.82, 2.24) is 9.88 Å². The number of aromatic nitrogens is 1. The Kier molecular flexibility index (Phi) is 2.59. The number of carbonyl (C=O) groups excluding carboxylic acids is 1. The molecule has 1 N–H and O–H groups in total. The van der Waals surface area contributed by atoms with Crippen molar-refractivity contribution >= 4 is 5.91 Å². The van der Waals surface area contributed by atoms with Crippen LogP contribution < -0.4 is 0 Å². The van der Waals surface area contributed by atoms with Gasteiger partial charge < -0.3 is 10.0 Å². The van der Waals surface area contributed by atoms with Crippen molar-refractivity contribution in [2.45, 2.75) is 31.4 Å². The summed E-state index contributed by atoms with van der Waals surface area (Å²) in [4.78, 5) is 18.2. The number of nitrogens with zero attached hydrogens (tertiary/aromatic N) is 2. The molecule has 4 nitrogen and oxygen atoms in total. The fourth-order valence-corrected chi connectivity index (χ4v) is 2.99. The summed E-state index contributed by atoms with van der Waals surface area (Å²) in [6.45, 7) is 0.694. The predicted molar refractivity (Wildman–Crippen MR) is 62.4 cm³/mol. The molecule has 2 saturated heterocycles. The lowest BCUT2D eigenvalue weighted by Gasteiger charge is -2.47. The zero-order valence-corrected chi connectivity index (χ0v) is 9.62. The fraction of sp³-hybridized carbons (Fsp3) is 0.538. The van der Waals surface area contributed by atoms with Gasteiger partial charge in [0.15, 0.2) is 0 Å². The maximum Gasteiger partial charge on any atom is 0.255 e. The summed E-state index contributed by atoms with van der Waals surface area (Å²) in [5.41, 5.74) is 0.648. The molecule has 0 radical (unpaired) electrons. The lowest BCUT2D eigenvalue weighted by Crippen LogP contribution is -2.56. The number of aliphatic hydroxyl groups is 1. The van der Waals surface area contributed by atoms with Crippen LogP contribution in [0.2, 0.25) is 0 Å². The summed E-state index contributed by atoms with van der Waals surface area (Å²) in [6.07, 6.45) is 5.86. The van der Waals surface area contributed by atoms with E-state index < -0.39 is 0 Å². The SMILES string of the molecule is O=C(c1cccnc1)N1CC2CCC1CC2O. The van der Waals surface area contributed by atoms with Crippen LogP contribution in [0.15, 0.2) is 24.5 Å². The topological polar surface area (TPSA) is 53.4 Å². The van der Waals surface area contributed by atoms with Gasteiger partial charge in [-0.15, -0.1) is 0 Å². The van der Waals surface area contributed by atoms with Gasteiger partial charge >= 0.3 is 0 Å². The average molecular weight is 232 g/mol. The van der Waals surface area contributed by atoms with Gasteiger partial charge in [-0.25, -0.2) is 0 Å². The van der Waals surface area contributed by atoms with Crippen LogP contribution in [0.1, 0.15) is 29.6 Å². The quantitative estimate of drug-likeness (QED) is 0.788. The van der Waals surface area contributed by atoms with Crippen molar-refractivity contribution in [1.29, 1.82) is 0 Å². The molecule has 0 aromatic carbocycles. The second-order valence-corrected chi connectivity index (χ2v) is 4.99. The second-order valence-electron chi connectivity index (χ2n) is 4.99. The summed E-state index contributed by atoms with van der Waals surface area (Å²) in [7, 11) is 0. The van der Waals surface area contributed by atoms with Gasteiger partial charge in [0, 0.05) is 30.9 Å². The van der Waals surface area contributed by atoms with Crippen molar-refractivity contribution < 1.29 is 9.90 Å². The zero-order valence-electron chi connectivity index (χ0n) is 9.62. The summed E-state index contributed by atoms with van der Waals surface area (Å²) in [6, 6.07) is 3.79. The summed E-state index contributed by atoms with van der Waals surface area (Å²) < 4.78 is 0. The average Bonchev–Trinajstić information content (AvgIpc) is 2.39. The van der Waals surface area contributed by atoms with Crippen LogP contribution in [0.4, 0.5) is 0 Å². The van der Waals surface area contributed by atoms with E-state index in [1.54, 1.807) is 24.5 Å². The molecular formula is C13H16N2O2. The van der Waals surface area contributed by atoms with Crippen LogP contribution >= 0.6 is 0 Å². The minimum atomic E-state index is -0.216. The van der Waals surface area contributed by atoms with Crippen molar-refractivity contribution in [3.05, 3.63) is 30.1 Å². The highest BCUT2D eigenvalue weighted by molar-refractivity contribution is 5.94. The lowest BCUT2D eigenvalue weighted by atomic mass is 9.77. The van der Waals surface area contributed by atoms with Gasteiger partial charge in [0.2, 0.25) is 0 Å². The van der Waals surface area contributed by atoms with Crippen LogP contribution in [-0.2, 0) is 0 Å². The smallest absolute Gasteiger partial charge is 0.255 e. The zero-order chi connectivity index (χ0) is 11.8. The first kappa shape index (κ1) is 10.7. The van der Waals surface area contributed by atoms with Gasteiger partial charge in [-0.1, -0.05) is 0 Å². The molecule has 3 fully saturated rings. The highest BCUT2D eigenvalue weighted by Gasteiger charge is 2.41. The Morgan fingerprint density at radius 3 is 2.94 bits per heavy atom. The van der Waals surface area contributed by atoms with E-state index in [2.05, 4.69) is 4.98 Å². The van der Waals surface area contributed by atoms with E-state index in [4.69, 9.17) is 0 Å². The predicted octanol–water partition coefficient (Wildman–Crippen LogP) is 1.07. The molecule has 1 saturated carbocycles. The first-order valence-electron chi connectivity index (χ1n) is 6.15. The second kappa shape index (κ2) is 4.11. The molecule has 3 unspecified atom stereocenters. The van der Waals surface area contributed by atoms with E-state index in [1.165, 1.54) is 0 Å². The molecule has 4 rings (SSSR count). The highest BCUT2D eigenvalue weighted by Crippen LogP contribution is 2.35. The van der Waals surface area contributed by atoms with Crippen molar-refractivity contribution in [2.24, 2.45) is 5.92 Å². The van der Waals surface area contributed by atoms with E-state index in [1.807, 2.05) is 4.90 Å². The van der Waals surface area contributed by atoms with Crippen LogP contribution in [-0.4, -0.2) is 39.6 Å². The molecule has 4 heteroatoms. The molecule has 3 aliphatic rings. The number of carbonyl (C=O) groups is 1. The van der Waals surface area contributed by atoms with E-state index in [0.717, 1.165) is 19.3 Å². The molecule has 0 spiro atoms. The Morgan fingerprint density at radius 2 is 2.35 bits per heavy atom. The van der Waals surface area contributed by atoms with E-state index in [0.29, 0.717) is 12.1 Å². The number of pyridine rings is 1. The summed E-state index contributed by atoms with van der Waals surface area (Å²) >= 11 is 0. The number of piperidine rings is 2. The third-order valence-corrected chi connectivity index (χ3v) is 3.97. The molecule has 90 valence electrons. The van der Waals surface area contributed by atoms with E-state index >= 15 is 0 Å². The van der Waals surface area contributed by atoms with Crippen LogP contribution in [0, 0.1) is 5.92 Å². The third kappa shape index (κ3) is 1.82. The number of fused-ring (bicyclic) bond motifs is 3.